The molecular weight excluding hydrogens is 380 g/mol. The van der Waals surface area contributed by atoms with Crippen LogP contribution in [0.5, 0.6) is 5.75 Å². The fourth-order valence-corrected chi connectivity index (χ4v) is 4.93. The summed E-state index contributed by atoms with van der Waals surface area (Å²) >= 11 is 0. The lowest BCUT2D eigenvalue weighted by molar-refractivity contribution is -0.130. The third-order valence-corrected chi connectivity index (χ3v) is 7.26. The molecule has 1 saturated carbocycles. The Hall–Kier alpha value is -2.57. The molecule has 1 fully saturated rings. The van der Waals surface area contributed by atoms with Crippen LogP contribution >= 0.6 is 0 Å². The van der Waals surface area contributed by atoms with E-state index < -0.39 is 0 Å². The maximum absolute atomic E-state index is 13.0. The standard InChI is InChI=1S/C23H32N4O3/c1-4-23(5-2)12-19(28)27(22(24)26-23)13-16-14(3)20(16)21(29)25-17-10-11-30-18-9-7-6-8-15(17)18/h6-9,14,16-17,20H,4-5,10-13H2,1-3H3,(H2,24,26)(H,25,29)/t14?,16?,17-,20?/m0/s1. The van der Waals surface area contributed by atoms with Crippen LogP contribution in [-0.4, -0.2) is 41.4 Å². The number of fused-ring (bicyclic) bond motifs is 1. The topological polar surface area (TPSA) is 97.0 Å². The lowest BCUT2D eigenvalue weighted by Gasteiger charge is -2.36. The molecule has 2 amide bonds. The van der Waals surface area contributed by atoms with Gasteiger partial charge in [0, 0.05) is 24.4 Å². The maximum Gasteiger partial charge on any atom is 0.231 e. The number of nitrogens with one attached hydrogen (secondary N) is 1. The first-order valence-corrected chi connectivity index (χ1v) is 11.1. The number of aliphatic imine (C=N–C) groups is 1. The summed E-state index contributed by atoms with van der Waals surface area (Å²) in [7, 11) is 0. The van der Waals surface area contributed by atoms with E-state index in [0.29, 0.717) is 25.5 Å². The maximum atomic E-state index is 13.0. The predicted molar refractivity (Wildman–Crippen MR) is 115 cm³/mol. The van der Waals surface area contributed by atoms with Gasteiger partial charge in [-0.05, 0) is 30.7 Å². The molecule has 0 bridgehead atoms. The van der Waals surface area contributed by atoms with Crippen molar-refractivity contribution >= 4 is 17.8 Å². The van der Waals surface area contributed by atoms with Crippen LogP contribution in [0.2, 0.25) is 0 Å². The Balaban J connectivity index is 1.40. The molecule has 1 aliphatic carbocycles. The molecule has 3 aliphatic rings. The number of rotatable bonds is 6. The first-order valence-electron chi connectivity index (χ1n) is 11.1. The minimum Gasteiger partial charge on any atom is -0.493 e. The van der Waals surface area contributed by atoms with E-state index in [1.807, 2.05) is 38.1 Å². The van der Waals surface area contributed by atoms with Crippen LogP contribution in [-0.2, 0) is 9.59 Å². The molecule has 1 aromatic rings. The second-order valence-electron chi connectivity index (χ2n) is 8.87. The van der Waals surface area contributed by atoms with Crippen molar-refractivity contribution < 1.29 is 14.3 Å². The molecule has 30 heavy (non-hydrogen) atoms. The fraction of sp³-hybridized carbons (Fsp3) is 0.609. The van der Waals surface area contributed by atoms with Crippen molar-refractivity contribution in [2.75, 3.05) is 13.2 Å². The van der Waals surface area contributed by atoms with Gasteiger partial charge in [-0.1, -0.05) is 39.0 Å². The zero-order valence-electron chi connectivity index (χ0n) is 18.1. The summed E-state index contributed by atoms with van der Waals surface area (Å²) in [5.74, 6) is 1.41. The van der Waals surface area contributed by atoms with Crippen molar-refractivity contribution in [3.63, 3.8) is 0 Å². The smallest absolute Gasteiger partial charge is 0.231 e. The number of hydrogen-bond acceptors (Lipinski definition) is 5. The van der Waals surface area contributed by atoms with Gasteiger partial charge in [0.05, 0.1) is 24.6 Å². The summed E-state index contributed by atoms with van der Waals surface area (Å²) < 4.78 is 5.69. The zero-order chi connectivity index (χ0) is 21.5. The average Bonchev–Trinajstić information content (AvgIpc) is 3.39. The summed E-state index contributed by atoms with van der Waals surface area (Å²) in [6.07, 6.45) is 2.73. The highest BCUT2D eigenvalue weighted by Crippen LogP contribution is 2.47. The molecule has 1 aromatic carbocycles. The van der Waals surface area contributed by atoms with Gasteiger partial charge in [-0.25, -0.2) is 4.99 Å². The van der Waals surface area contributed by atoms with Crippen LogP contribution in [0.3, 0.4) is 0 Å². The van der Waals surface area contributed by atoms with E-state index in [4.69, 9.17) is 10.5 Å². The van der Waals surface area contributed by atoms with Crippen LogP contribution in [0.15, 0.2) is 29.3 Å². The minimum absolute atomic E-state index is 0.0165. The van der Waals surface area contributed by atoms with Gasteiger partial charge in [0.15, 0.2) is 5.96 Å². The minimum atomic E-state index is -0.375. The lowest BCUT2D eigenvalue weighted by atomic mass is 9.88. The number of hydrogen-bond donors (Lipinski definition) is 2. The normalized spacial score (nSPS) is 29.5. The Bertz CT molecular complexity index is 864. The van der Waals surface area contributed by atoms with Crippen molar-refractivity contribution in [3.8, 4) is 5.75 Å². The van der Waals surface area contributed by atoms with Gasteiger partial charge >= 0.3 is 0 Å². The summed E-state index contributed by atoms with van der Waals surface area (Å²) in [6, 6.07) is 7.81. The average molecular weight is 413 g/mol. The molecule has 162 valence electrons. The second-order valence-corrected chi connectivity index (χ2v) is 8.87. The van der Waals surface area contributed by atoms with Gasteiger partial charge in [-0.15, -0.1) is 0 Å². The lowest BCUT2D eigenvalue weighted by Crippen LogP contribution is -2.52. The highest BCUT2D eigenvalue weighted by atomic mass is 16.5. The third-order valence-electron chi connectivity index (χ3n) is 7.26. The molecule has 4 rings (SSSR count). The zero-order valence-corrected chi connectivity index (χ0v) is 18.1. The quantitative estimate of drug-likeness (QED) is 0.751. The van der Waals surface area contributed by atoms with Crippen molar-refractivity contribution in [2.24, 2.45) is 28.5 Å². The molecule has 7 nitrogen and oxygen atoms in total. The molecule has 7 heteroatoms. The Morgan fingerprint density at radius 2 is 2.07 bits per heavy atom. The molecule has 3 N–H and O–H groups in total. The van der Waals surface area contributed by atoms with Gasteiger partial charge in [0.2, 0.25) is 11.8 Å². The van der Waals surface area contributed by atoms with Gasteiger partial charge in [-0.2, -0.15) is 0 Å². The highest BCUT2D eigenvalue weighted by Gasteiger charge is 2.53. The Labute approximate surface area is 178 Å². The van der Waals surface area contributed by atoms with E-state index in [9.17, 15) is 9.59 Å². The van der Waals surface area contributed by atoms with E-state index in [0.717, 1.165) is 30.6 Å². The number of nitrogens with two attached hydrogens (primary N) is 1. The molecule has 0 saturated heterocycles. The summed E-state index contributed by atoms with van der Waals surface area (Å²) in [5, 5.41) is 3.20. The number of amides is 2. The number of para-hydroxylation sites is 1. The summed E-state index contributed by atoms with van der Waals surface area (Å²) in [4.78, 5) is 32.0. The van der Waals surface area contributed by atoms with Crippen molar-refractivity contribution in [1.82, 2.24) is 10.2 Å². The number of benzene rings is 1. The Morgan fingerprint density at radius 1 is 1.33 bits per heavy atom. The molecule has 4 atom stereocenters. The molecule has 2 heterocycles. The monoisotopic (exact) mass is 412 g/mol. The number of carbonyl (C=O) groups excluding carboxylic acids is 2. The van der Waals surface area contributed by atoms with E-state index in [1.54, 1.807) is 4.90 Å². The third kappa shape index (κ3) is 3.66. The van der Waals surface area contributed by atoms with Crippen LogP contribution in [0, 0.1) is 17.8 Å². The molecule has 2 aliphatic heterocycles. The van der Waals surface area contributed by atoms with Crippen molar-refractivity contribution in [3.05, 3.63) is 29.8 Å². The van der Waals surface area contributed by atoms with Crippen LogP contribution in [0.4, 0.5) is 0 Å². The Morgan fingerprint density at radius 3 is 2.77 bits per heavy atom. The molecule has 0 spiro atoms. The van der Waals surface area contributed by atoms with Gasteiger partial charge in [0.25, 0.3) is 0 Å². The predicted octanol–water partition coefficient (Wildman–Crippen LogP) is 2.61. The number of ether oxygens (including phenoxy) is 1. The van der Waals surface area contributed by atoms with Crippen molar-refractivity contribution in [2.45, 2.75) is 58.0 Å². The molecule has 0 radical (unpaired) electrons. The van der Waals surface area contributed by atoms with E-state index in [2.05, 4.69) is 17.2 Å². The summed E-state index contributed by atoms with van der Waals surface area (Å²) in [5.41, 5.74) is 6.84. The molecule has 0 aromatic heterocycles. The highest BCUT2D eigenvalue weighted by molar-refractivity contribution is 5.99. The largest absolute Gasteiger partial charge is 0.493 e. The first-order chi connectivity index (χ1) is 14.4. The van der Waals surface area contributed by atoms with Crippen molar-refractivity contribution in [1.29, 1.82) is 0 Å². The van der Waals surface area contributed by atoms with Gasteiger partial charge in [0.1, 0.15) is 5.75 Å². The SMILES string of the molecule is CCC1(CC)CC(=O)N(CC2C(C)C2C(=O)N[C@H]2CCOc3ccccc32)C(N)=N1. The Kier molecular flexibility index (Phi) is 5.47. The van der Waals surface area contributed by atoms with Crippen LogP contribution in [0.1, 0.15) is 58.1 Å². The fourth-order valence-electron chi connectivity index (χ4n) is 4.93. The van der Waals surface area contributed by atoms with E-state index in [1.165, 1.54) is 0 Å². The van der Waals surface area contributed by atoms with E-state index in [-0.39, 0.29) is 41.1 Å². The first kappa shape index (κ1) is 20.7. The molecular formula is C23H32N4O3. The number of nitrogens with zero attached hydrogens (tertiary/aromatic N) is 2. The van der Waals surface area contributed by atoms with Gasteiger partial charge in [-0.3, -0.25) is 14.5 Å². The van der Waals surface area contributed by atoms with Crippen LogP contribution < -0.4 is 15.8 Å². The summed E-state index contributed by atoms with van der Waals surface area (Å²) in [6.45, 7) is 7.21. The number of carbonyl (C=O) groups is 2. The number of guanidine groups is 1. The van der Waals surface area contributed by atoms with E-state index >= 15 is 0 Å². The van der Waals surface area contributed by atoms with Crippen LogP contribution in [0.25, 0.3) is 0 Å². The second kappa shape index (κ2) is 7.93. The molecule has 3 unspecified atom stereocenters. The van der Waals surface area contributed by atoms with Gasteiger partial charge < -0.3 is 15.8 Å².